The topological polar surface area (TPSA) is 106 Å². The van der Waals surface area contributed by atoms with Gasteiger partial charge in [-0.15, -0.1) is 0 Å². The highest BCUT2D eigenvalue weighted by molar-refractivity contribution is 6.02. The first-order valence-electron chi connectivity index (χ1n) is 9.04. The first-order chi connectivity index (χ1) is 14.6. The number of carbonyl (C=O) groups is 1. The molecule has 4 aromatic rings. The lowest BCUT2D eigenvalue weighted by molar-refractivity contribution is 0.210. The van der Waals surface area contributed by atoms with Crippen LogP contribution in [0.4, 0.5) is 22.0 Å². The number of pyridine rings is 2. The van der Waals surface area contributed by atoms with Gasteiger partial charge in [0.15, 0.2) is 0 Å². The maximum atomic E-state index is 11.0. The number of nitrogens with one attached hydrogen (secondary N) is 2. The Morgan fingerprint density at radius 2 is 1.83 bits per heavy atom. The van der Waals surface area contributed by atoms with Gasteiger partial charge in [0, 0.05) is 29.1 Å². The van der Waals surface area contributed by atoms with E-state index in [9.17, 15) is 4.79 Å². The van der Waals surface area contributed by atoms with Crippen LogP contribution in [0.5, 0.6) is 17.2 Å². The summed E-state index contributed by atoms with van der Waals surface area (Å²) in [6, 6.07) is 16.1. The van der Waals surface area contributed by atoms with Crippen LogP contribution in [0.25, 0.3) is 10.8 Å². The molecule has 8 nitrogen and oxygen atoms in total. The van der Waals surface area contributed by atoms with Crippen LogP contribution in [0.1, 0.15) is 0 Å². The maximum Gasteiger partial charge on any atom is 0.409 e. The van der Waals surface area contributed by atoms with Gasteiger partial charge in [0.25, 0.3) is 0 Å². The second-order valence-corrected chi connectivity index (χ2v) is 6.30. The number of anilines is 3. The van der Waals surface area contributed by atoms with Crippen molar-refractivity contribution >= 4 is 34.1 Å². The molecule has 0 atom stereocenters. The monoisotopic (exact) mass is 402 g/mol. The number of aromatic nitrogens is 2. The highest BCUT2D eigenvalue weighted by Crippen LogP contribution is 2.35. The molecule has 0 aliphatic heterocycles. The number of fused-ring (bicyclic) bond motifs is 1. The van der Waals surface area contributed by atoms with Gasteiger partial charge < -0.3 is 19.9 Å². The molecule has 2 aromatic heterocycles. The molecule has 0 saturated heterocycles. The van der Waals surface area contributed by atoms with E-state index in [2.05, 4.69) is 20.6 Å². The number of methoxy groups -OCH3 is 1. The van der Waals surface area contributed by atoms with E-state index < -0.39 is 6.09 Å². The summed E-state index contributed by atoms with van der Waals surface area (Å²) in [4.78, 5) is 19.5. The van der Waals surface area contributed by atoms with Crippen molar-refractivity contribution in [1.82, 2.24) is 9.97 Å². The second-order valence-electron chi connectivity index (χ2n) is 6.30. The molecule has 1 amide bonds. The number of benzene rings is 2. The molecule has 30 heavy (non-hydrogen) atoms. The Labute approximate surface area is 172 Å². The predicted octanol–water partition coefficient (Wildman–Crippen LogP) is 5.26. The van der Waals surface area contributed by atoms with Crippen LogP contribution in [0.2, 0.25) is 0 Å². The minimum absolute atomic E-state index is 0.494. The van der Waals surface area contributed by atoms with E-state index in [4.69, 9.17) is 14.6 Å². The fourth-order valence-electron chi connectivity index (χ4n) is 3.00. The summed E-state index contributed by atoms with van der Waals surface area (Å²) in [7, 11) is 1.58. The van der Waals surface area contributed by atoms with Crippen LogP contribution in [-0.2, 0) is 0 Å². The average molecular weight is 402 g/mol. The largest absolute Gasteiger partial charge is 0.495 e. The van der Waals surface area contributed by atoms with Crippen molar-refractivity contribution in [3.05, 3.63) is 73.2 Å². The summed E-state index contributed by atoms with van der Waals surface area (Å²) in [5.74, 6) is 2.39. The van der Waals surface area contributed by atoms with Gasteiger partial charge in [-0.1, -0.05) is 24.3 Å². The number of carboxylic acid groups (broad SMARTS) is 1. The number of nitrogens with zero attached hydrogens (tertiary/aromatic N) is 2. The Morgan fingerprint density at radius 1 is 1.00 bits per heavy atom. The molecule has 0 unspecified atom stereocenters. The third-order valence-electron chi connectivity index (χ3n) is 4.31. The minimum atomic E-state index is -1.12. The molecule has 0 spiro atoms. The molecule has 2 heterocycles. The third kappa shape index (κ3) is 4.22. The van der Waals surface area contributed by atoms with E-state index in [0.717, 1.165) is 16.5 Å². The van der Waals surface area contributed by atoms with Crippen LogP contribution in [-0.4, -0.2) is 28.3 Å². The highest BCUT2D eigenvalue weighted by Gasteiger charge is 2.10. The quantitative estimate of drug-likeness (QED) is 0.404. The van der Waals surface area contributed by atoms with E-state index in [1.165, 1.54) is 0 Å². The van der Waals surface area contributed by atoms with Gasteiger partial charge in [0.1, 0.15) is 23.1 Å². The van der Waals surface area contributed by atoms with Crippen LogP contribution in [0.3, 0.4) is 0 Å². The number of rotatable bonds is 6. The SMILES string of the molecule is COc1cncc(Nc2cc(Oc3ccc(NC(=O)O)c4ccccc34)ccn2)c1. The first kappa shape index (κ1) is 19.0. The minimum Gasteiger partial charge on any atom is -0.495 e. The Bertz CT molecular complexity index is 1210. The summed E-state index contributed by atoms with van der Waals surface area (Å²) in [6.07, 6.45) is 3.80. The van der Waals surface area contributed by atoms with Gasteiger partial charge in [0.2, 0.25) is 0 Å². The second kappa shape index (κ2) is 8.36. The summed E-state index contributed by atoms with van der Waals surface area (Å²) >= 11 is 0. The lowest BCUT2D eigenvalue weighted by Crippen LogP contribution is -2.07. The van der Waals surface area contributed by atoms with Crippen molar-refractivity contribution in [3.8, 4) is 17.2 Å². The van der Waals surface area contributed by atoms with E-state index in [-0.39, 0.29) is 0 Å². The van der Waals surface area contributed by atoms with Crippen molar-refractivity contribution < 1.29 is 19.4 Å². The molecule has 4 rings (SSSR count). The van der Waals surface area contributed by atoms with E-state index >= 15 is 0 Å². The Morgan fingerprint density at radius 3 is 2.63 bits per heavy atom. The average Bonchev–Trinajstić information content (AvgIpc) is 2.75. The summed E-state index contributed by atoms with van der Waals surface area (Å²) in [6.45, 7) is 0. The highest BCUT2D eigenvalue weighted by atomic mass is 16.5. The number of hydrogen-bond acceptors (Lipinski definition) is 6. The summed E-state index contributed by atoms with van der Waals surface area (Å²) in [5, 5.41) is 16.1. The number of amides is 1. The summed E-state index contributed by atoms with van der Waals surface area (Å²) in [5.41, 5.74) is 1.22. The van der Waals surface area contributed by atoms with Gasteiger partial charge in [0.05, 0.1) is 30.9 Å². The normalized spacial score (nSPS) is 10.4. The Kier molecular flexibility index (Phi) is 5.29. The Hall–Kier alpha value is -4.33. The van der Waals surface area contributed by atoms with Crippen LogP contribution in [0.15, 0.2) is 73.2 Å². The molecule has 0 bridgehead atoms. The molecule has 8 heteroatoms. The lowest BCUT2D eigenvalue weighted by Gasteiger charge is -2.13. The molecular weight excluding hydrogens is 384 g/mol. The summed E-state index contributed by atoms with van der Waals surface area (Å²) < 4.78 is 11.3. The van der Waals surface area contributed by atoms with E-state index in [1.807, 2.05) is 30.3 Å². The third-order valence-corrected chi connectivity index (χ3v) is 4.31. The fraction of sp³-hybridized carbons (Fsp3) is 0.0455. The standard InChI is InChI=1S/C22H18N4O4/c1-29-16-10-14(12-23-13-16)25-21-11-15(8-9-24-21)30-20-7-6-19(26-22(27)28)17-4-2-3-5-18(17)20/h2-13,26H,1H3,(H,24,25)(H,27,28). The van der Waals surface area contributed by atoms with E-state index in [0.29, 0.717) is 28.8 Å². The number of ether oxygens (including phenoxy) is 2. The molecule has 150 valence electrons. The van der Waals surface area contributed by atoms with Gasteiger partial charge >= 0.3 is 6.09 Å². The van der Waals surface area contributed by atoms with Crippen molar-refractivity contribution in [2.24, 2.45) is 0 Å². The molecule has 2 aromatic carbocycles. The van der Waals surface area contributed by atoms with Crippen LogP contribution in [0, 0.1) is 0 Å². The van der Waals surface area contributed by atoms with Crippen molar-refractivity contribution in [1.29, 1.82) is 0 Å². The zero-order valence-electron chi connectivity index (χ0n) is 16.0. The first-order valence-corrected chi connectivity index (χ1v) is 9.04. The van der Waals surface area contributed by atoms with Crippen LogP contribution < -0.4 is 20.1 Å². The molecule has 0 saturated carbocycles. The van der Waals surface area contributed by atoms with Crippen molar-refractivity contribution in [3.63, 3.8) is 0 Å². The van der Waals surface area contributed by atoms with Gasteiger partial charge in [-0.3, -0.25) is 10.3 Å². The zero-order valence-corrected chi connectivity index (χ0v) is 16.0. The maximum absolute atomic E-state index is 11.0. The van der Waals surface area contributed by atoms with Gasteiger partial charge in [-0.2, -0.15) is 0 Å². The van der Waals surface area contributed by atoms with Crippen LogP contribution >= 0.6 is 0 Å². The van der Waals surface area contributed by atoms with E-state index in [1.54, 1.807) is 50.0 Å². The fourth-order valence-corrected chi connectivity index (χ4v) is 3.00. The zero-order chi connectivity index (χ0) is 20.9. The smallest absolute Gasteiger partial charge is 0.409 e. The predicted molar refractivity (Wildman–Crippen MR) is 114 cm³/mol. The lowest BCUT2D eigenvalue weighted by atomic mass is 10.1. The number of hydrogen-bond donors (Lipinski definition) is 3. The van der Waals surface area contributed by atoms with Gasteiger partial charge in [-0.25, -0.2) is 9.78 Å². The Balaban J connectivity index is 1.61. The molecule has 0 aliphatic rings. The molecule has 3 N–H and O–H groups in total. The van der Waals surface area contributed by atoms with Crippen molar-refractivity contribution in [2.75, 3.05) is 17.7 Å². The van der Waals surface area contributed by atoms with Gasteiger partial charge in [-0.05, 0) is 18.2 Å². The molecule has 0 radical (unpaired) electrons. The van der Waals surface area contributed by atoms with Crippen molar-refractivity contribution in [2.45, 2.75) is 0 Å². The molecular formula is C22H18N4O4. The molecule has 0 aliphatic carbocycles. The molecule has 0 fully saturated rings.